The number of aliphatic hydroxyl groups is 1. The van der Waals surface area contributed by atoms with Gasteiger partial charge in [-0.25, -0.2) is 0 Å². The Labute approximate surface area is 116 Å². The van der Waals surface area contributed by atoms with Crippen molar-refractivity contribution in [3.8, 4) is 0 Å². The topological polar surface area (TPSA) is 66.6 Å². The molecule has 2 aliphatic rings. The number of carbonyl (C=O) groups is 1. The van der Waals surface area contributed by atoms with Gasteiger partial charge in [0.15, 0.2) is 0 Å². The Morgan fingerprint density at radius 2 is 1.89 bits per heavy atom. The standard InChI is InChI=1S/C15H28N2O2/c1-15(19)8-5-10-17(11-9-15)14(18)12-6-3-2-4-7-13(12)16/h12-13,19H,2-11,16H2,1H3. The normalized spacial score (nSPS) is 37.5. The maximum atomic E-state index is 12.6. The molecular formula is C15H28N2O2. The number of nitrogens with zero attached hydrogens (tertiary/aromatic N) is 1. The smallest absolute Gasteiger partial charge is 0.227 e. The highest BCUT2D eigenvalue weighted by Crippen LogP contribution is 2.27. The fourth-order valence-corrected chi connectivity index (χ4v) is 3.36. The molecule has 1 amide bonds. The van der Waals surface area contributed by atoms with Crippen molar-refractivity contribution >= 4 is 5.91 Å². The van der Waals surface area contributed by atoms with Crippen molar-refractivity contribution in [3.05, 3.63) is 0 Å². The van der Waals surface area contributed by atoms with Gasteiger partial charge in [-0.15, -0.1) is 0 Å². The van der Waals surface area contributed by atoms with Gasteiger partial charge < -0.3 is 15.7 Å². The second kappa shape index (κ2) is 6.23. The third-order valence-corrected chi connectivity index (χ3v) is 4.76. The van der Waals surface area contributed by atoms with Crippen LogP contribution in [0.3, 0.4) is 0 Å². The van der Waals surface area contributed by atoms with Crippen molar-refractivity contribution in [1.29, 1.82) is 0 Å². The lowest BCUT2D eigenvalue weighted by atomic mass is 9.94. The molecule has 0 bridgehead atoms. The largest absolute Gasteiger partial charge is 0.390 e. The van der Waals surface area contributed by atoms with Gasteiger partial charge in [0.05, 0.1) is 11.5 Å². The van der Waals surface area contributed by atoms with Crippen LogP contribution in [0.5, 0.6) is 0 Å². The van der Waals surface area contributed by atoms with Crippen LogP contribution < -0.4 is 5.73 Å². The van der Waals surface area contributed by atoms with E-state index in [2.05, 4.69) is 0 Å². The zero-order valence-electron chi connectivity index (χ0n) is 12.1. The maximum absolute atomic E-state index is 12.6. The first kappa shape index (κ1) is 14.8. The molecule has 0 spiro atoms. The molecule has 2 fully saturated rings. The first-order chi connectivity index (χ1) is 8.99. The number of hydrogen-bond donors (Lipinski definition) is 2. The lowest BCUT2D eigenvalue weighted by Crippen LogP contribution is -2.44. The average Bonchev–Trinajstić information content (AvgIpc) is 2.66. The van der Waals surface area contributed by atoms with E-state index in [4.69, 9.17) is 5.73 Å². The number of hydrogen-bond acceptors (Lipinski definition) is 3. The van der Waals surface area contributed by atoms with Gasteiger partial charge in [-0.2, -0.15) is 0 Å². The van der Waals surface area contributed by atoms with Crippen molar-refractivity contribution < 1.29 is 9.90 Å². The van der Waals surface area contributed by atoms with Crippen LogP contribution in [-0.4, -0.2) is 40.6 Å². The molecular weight excluding hydrogens is 240 g/mol. The number of rotatable bonds is 1. The molecule has 19 heavy (non-hydrogen) atoms. The van der Waals surface area contributed by atoms with Crippen molar-refractivity contribution in [2.45, 2.75) is 69.9 Å². The van der Waals surface area contributed by atoms with E-state index in [9.17, 15) is 9.90 Å². The summed E-state index contributed by atoms with van der Waals surface area (Å²) in [4.78, 5) is 14.6. The monoisotopic (exact) mass is 268 g/mol. The zero-order valence-corrected chi connectivity index (χ0v) is 12.1. The average molecular weight is 268 g/mol. The predicted molar refractivity (Wildman–Crippen MR) is 75.6 cm³/mol. The summed E-state index contributed by atoms with van der Waals surface area (Å²) in [5, 5.41) is 10.1. The Balaban J connectivity index is 1.98. The fraction of sp³-hybridized carbons (Fsp3) is 0.933. The molecule has 4 heteroatoms. The van der Waals surface area contributed by atoms with E-state index in [1.807, 2.05) is 11.8 Å². The third kappa shape index (κ3) is 3.93. The summed E-state index contributed by atoms with van der Waals surface area (Å²) >= 11 is 0. The van der Waals surface area contributed by atoms with Gasteiger partial charge in [-0.1, -0.05) is 19.3 Å². The molecule has 0 radical (unpaired) electrons. The van der Waals surface area contributed by atoms with Gasteiger partial charge in [-0.3, -0.25) is 4.79 Å². The maximum Gasteiger partial charge on any atom is 0.227 e. The Morgan fingerprint density at radius 3 is 2.68 bits per heavy atom. The molecule has 3 atom stereocenters. The summed E-state index contributed by atoms with van der Waals surface area (Å²) in [5.74, 6) is 0.234. The highest BCUT2D eigenvalue weighted by molar-refractivity contribution is 5.79. The summed E-state index contributed by atoms with van der Waals surface area (Å²) in [6.45, 7) is 3.33. The van der Waals surface area contributed by atoms with E-state index < -0.39 is 5.60 Å². The van der Waals surface area contributed by atoms with E-state index >= 15 is 0 Å². The summed E-state index contributed by atoms with van der Waals surface area (Å²) in [6, 6.07) is 0.0266. The lowest BCUT2D eigenvalue weighted by molar-refractivity contribution is -0.136. The van der Waals surface area contributed by atoms with Crippen LogP contribution in [0.1, 0.15) is 58.3 Å². The lowest BCUT2D eigenvalue weighted by Gasteiger charge is -2.29. The zero-order chi connectivity index (χ0) is 13.9. The van der Waals surface area contributed by atoms with Gasteiger partial charge >= 0.3 is 0 Å². The van der Waals surface area contributed by atoms with E-state index in [0.29, 0.717) is 13.0 Å². The van der Waals surface area contributed by atoms with Crippen LogP contribution in [0.25, 0.3) is 0 Å². The molecule has 0 aromatic heterocycles. The highest BCUT2D eigenvalue weighted by atomic mass is 16.3. The SMILES string of the molecule is CC1(O)CCCN(C(=O)C2CCCCCC2N)CC1. The second-order valence-electron chi connectivity index (χ2n) is 6.58. The first-order valence-electron chi connectivity index (χ1n) is 7.76. The Bertz CT molecular complexity index is 317. The molecule has 110 valence electrons. The molecule has 3 N–H and O–H groups in total. The summed E-state index contributed by atoms with van der Waals surface area (Å²) < 4.78 is 0. The van der Waals surface area contributed by atoms with Crippen molar-refractivity contribution in [3.63, 3.8) is 0 Å². The molecule has 0 aromatic carbocycles. The molecule has 1 heterocycles. The minimum atomic E-state index is -0.611. The van der Waals surface area contributed by atoms with Crippen molar-refractivity contribution in [2.75, 3.05) is 13.1 Å². The first-order valence-corrected chi connectivity index (χ1v) is 7.76. The molecule has 1 aliphatic heterocycles. The summed E-state index contributed by atoms with van der Waals surface area (Å²) in [5.41, 5.74) is 5.57. The second-order valence-corrected chi connectivity index (χ2v) is 6.58. The fourth-order valence-electron chi connectivity index (χ4n) is 3.36. The van der Waals surface area contributed by atoms with Crippen LogP contribution >= 0.6 is 0 Å². The quantitative estimate of drug-likeness (QED) is 0.711. The van der Waals surface area contributed by atoms with Crippen molar-refractivity contribution in [1.82, 2.24) is 4.90 Å². The van der Waals surface area contributed by atoms with Crippen LogP contribution in [-0.2, 0) is 4.79 Å². The summed E-state index contributed by atoms with van der Waals surface area (Å²) in [6.07, 6.45) is 7.74. The molecule has 1 saturated carbocycles. The van der Waals surface area contributed by atoms with Gasteiger partial charge in [-0.05, 0) is 39.0 Å². The number of likely N-dealkylation sites (tertiary alicyclic amines) is 1. The Morgan fingerprint density at radius 1 is 1.16 bits per heavy atom. The van der Waals surface area contributed by atoms with Gasteiger partial charge in [0.2, 0.25) is 5.91 Å². The van der Waals surface area contributed by atoms with Gasteiger partial charge in [0, 0.05) is 19.1 Å². The molecule has 3 unspecified atom stereocenters. The van der Waals surface area contributed by atoms with Crippen LogP contribution in [0.2, 0.25) is 0 Å². The van der Waals surface area contributed by atoms with Gasteiger partial charge in [0.25, 0.3) is 0 Å². The molecule has 4 nitrogen and oxygen atoms in total. The van der Waals surface area contributed by atoms with Crippen LogP contribution in [0.4, 0.5) is 0 Å². The third-order valence-electron chi connectivity index (χ3n) is 4.76. The number of nitrogens with two attached hydrogens (primary N) is 1. The molecule has 2 rings (SSSR count). The Kier molecular flexibility index (Phi) is 4.85. The van der Waals surface area contributed by atoms with Crippen LogP contribution in [0, 0.1) is 5.92 Å². The van der Waals surface area contributed by atoms with E-state index in [0.717, 1.165) is 45.1 Å². The van der Waals surface area contributed by atoms with E-state index in [1.165, 1.54) is 6.42 Å². The van der Waals surface area contributed by atoms with Gasteiger partial charge in [0.1, 0.15) is 0 Å². The van der Waals surface area contributed by atoms with Crippen molar-refractivity contribution in [2.24, 2.45) is 11.7 Å². The minimum Gasteiger partial charge on any atom is -0.390 e. The molecule has 1 aliphatic carbocycles. The number of amides is 1. The van der Waals surface area contributed by atoms with E-state index in [-0.39, 0.29) is 17.9 Å². The minimum absolute atomic E-state index is 0.00514. The highest BCUT2D eigenvalue weighted by Gasteiger charge is 2.33. The Hall–Kier alpha value is -0.610. The molecule has 0 aromatic rings. The van der Waals surface area contributed by atoms with Crippen LogP contribution in [0.15, 0.2) is 0 Å². The predicted octanol–water partition coefficient (Wildman–Crippen LogP) is 1.66. The van der Waals surface area contributed by atoms with E-state index in [1.54, 1.807) is 0 Å². The molecule has 1 saturated heterocycles. The summed E-state index contributed by atoms with van der Waals surface area (Å²) in [7, 11) is 0. The number of carbonyl (C=O) groups excluding carboxylic acids is 1.